The molecule has 1 aliphatic carbocycles. The fourth-order valence-electron chi connectivity index (χ4n) is 2.83. The highest BCUT2D eigenvalue weighted by Gasteiger charge is 2.39. The van der Waals surface area contributed by atoms with Crippen LogP contribution in [-0.4, -0.2) is 25.6 Å². The Morgan fingerprint density at radius 1 is 1.27 bits per heavy atom. The lowest BCUT2D eigenvalue weighted by atomic mass is 10.0. The highest BCUT2D eigenvalue weighted by Crippen LogP contribution is 2.41. The standard InChI is InChI=1S/C18H23N3O/c1-13-6-3-4-8-15(13)16-12-17(16)21-18(19-2)20-10-9-14-7-5-11-22-14/h3-8,11,16-17H,9-10,12H2,1-2H3,(H2,19,20,21). The van der Waals surface area contributed by atoms with E-state index < -0.39 is 0 Å². The van der Waals surface area contributed by atoms with Gasteiger partial charge in [-0.25, -0.2) is 0 Å². The van der Waals surface area contributed by atoms with Gasteiger partial charge in [0, 0.05) is 32.0 Å². The van der Waals surface area contributed by atoms with Crippen LogP contribution in [0.5, 0.6) is 0 Å². The Hall–Kier alpha value is -2.23. The van der Waals surface area contributed by atoms with Crippen LogP contribution in [0.15, 0.2) is 52.1 Å². The molecule has 2 N–H and O–H groups in total. The molecule has 1 saturated carbocycles. The fraction of sp³-hybridized carbons (Fsp3) is 0.389. The third kappa shape index (κ3) is 3.50. The molecule has 2 atom stereocenters. The molecule has 1 aromatic carbocycles. The van der Waals surface area contributed by atoms with Crippen molar-refractivity contribution in [1.82, 2.24) is 10.6 Å². The molecule has 4 nitrogen and oxygen atoms in total. The Bertz CT molecular complexity index is 634. The van der Waals surface area contributed by atoms with Crippen LogP contribution in [0.1, 0.15) is 29.2 Å². The molecule has 4 heteroatoms. The molecule has 1 fully saturated rings. The first-order chi connectivity index (χ1) is 10.8. The summed E-state index contributed by atoms with van der Waals surface area (Å²) >= 11 is 0. The van der Waals surface area contributed by atoms with Crippen molar-refractivity contribution in [2.75, 3.05) is 13.6 Å². The number of nitrogens with zero attached hydrogens (tertiary/aromatic N) is 1. The van der Waals surface area contributed by atoms with E-state index in [4.69, 9.17) is 4.42 Å². The van der Waals surface area contributed by atoms with Gasteiger partial charge in [-0.15, -0.1) is 0 Å². The van der Waals surface area contributed by atoms with E-state index >= 15 is 0 Å². The van der Waals surface area contributed by atoms with E-state index in [1.165, 1.54) is 17.5 Å². The van der Waals surface area contributed by atoms with E-state index in [-0.39, 0.29) is 0 Å². The Morgan fingerprint density at radius 3 is 2.86 bits per heavy atom. The van der Waals surface area contributed by atoms with Crippen LogP contribution in [0, 0.1) is 6.92 Å². The number of aryl methyl sites for hydroxylation is 1. The maximum Gasteiger partial charge on any atom is 0.191 e. The van der Waals surface area contributed by atoms with Gasteiger partial charge >= 0.3 is 0 Å². The summed E-state index contributed by atoms with van der Waals surface area (Å²) in [5.74, 6) is 2.46. The lowest BCUT2D eigenvalue weighted by Gasteiger charge is -2.12. The van der Waals surface area contributed by atoms with Gasteiger partial charge in [0.15, 0.2) is 5.96 Å². The minimum Gasteiger partial charge on any atom is -0.469 e. The quantitative estimate of drug-likeness (QED) is 0.659. The monoisotopic (exact) mass is 297 g/mol. The highest BCUT2D eigenvalue weighted by atomic mass is 16.3. The summed E-state index contributed by atoms with van der Waals surface area (Å²) in [6.45, 7) is 3.00. The summed E-state index contributed by atoms with van der Waals surface area (Å²) in [7, 11) is 1.81. The largest absolute Gasteiger partial charge is 0.469 e. The van der Waals surface area contributed by atoms with Crippen LogP contribution < -0.4 is 10.6 Å². The second-order valence-corrected chi connectivity index (χ2v) is 5.78. The SMILES string of the molecule is CN=C(NCCc1ccco1)NC1CC1c1ccccc1C. The van der Waals surface area contributed by atoms with Crippen molar-refractivity contribution >= 4 is 5.96 Å². The zero-order valence-corrected chi connectivity index (χ0v) is 13.2. The molecule has 3 rings (SSSR count). The highest BCUT2D eigenvalue weighted by molar-refractivity contribution is 5.80. The average Bonchev–Trinajstić information content (AvgIpc) is 3.08. The van der Waals surface area contributed by atoms with Crippen LogP contribution >= 0.6 is 0 Å². The normalized spacial score (nSPS) is 20.7. The third-order valence-electron chi connectivity index (χ3n) is 4.17. The first-order valence-electron chi connectivity index (χ1n) is 7.83. The van der Waals surface area contributed by atoms with Crippen LogP contribution in [0.4, 0.5) is 0 Å². The number of aliphatic imine (C=N–C) groups is 1. The topological polar surface area (TPSA) is 49.6 Å². The molecule has 0 amide bonds. The average molecular weight is 297 g/mol. The van der Waals surface area contributed by atoms with Crippen molar-refractivity contribution < 1.29 is 4.42 Å². The minimum atomic E-state index is 0.482. The number of furan rings is 1. The summed E-state index contributed by atoms with van der Waals surface area (Å²) in [6, 6.07) is 13.0. The molecule has 22 heavy (non-hydrogen) atoms. The smallest absolute Gasteiger partial charge is 0.191 e. The van der Waals surface area contributed by atoms with Crippen molar-refractivity contribution in [3.8, 4) is 0 Å². The molecule has 1 aromatic heterocycles. The van der Waals surface area contributed by atoms with Crippen molar-refractivity contribution in [3.05, 3.63) is 59.5 Å². The van der Waals surface area contributed by atoms with E-state index in [2.05, 4.69) is 46.8 Å². The Morgan fingerprint density at radius 2 is 2.14 bits per heavy atom. The first-order valence-corrected chi connectivity index (χ1v) is 7.83. The van der Waals surface area contributed by atoms with Gasteiger partial charge in [0.05, 0.1) is 6.26 Å². The Labute approximate surface area is 131 Å². The molecule has 1 heterocycles. The Balaban J connectivity index is 1.47. The molecule has 0 radical (unpaired) electrons. The number of benzene rings is 1. The van der Waals surface area contributed by atoms with Gasteiger partial charge in [0.1, 0.15) is 5.76 Å². The zero-order valence-electron chi connectivity index (χ0n) is 13.2. The van der Waals surface area contributed by atoms with Crippen molar-refractivity contribution in [1.29, 1.82) is 0 Å². The lowest BCUT2D eigenvalue weighted by molar-refractivity contribution is 0.506. The van der Waals surface area contributed by atoms with Gasteiger partial charge in [-0.2, -0.15) is 0 Å². The van der Waals surface area contributed by atoms with E-state index in [0.29, 0.717) is 12.0 Å². The van der Waals surface area contributed by atoms with E-state index in [9.17, 15) is 0 Å². The molecule has 2 aromatic rings. The van der Waals surface area contributed by atoms with Gasteiger partial charge in [-0.05, 0) is 36.6 Å². The molecule has 0 aliphatic heterocycles. The van der Waals surface area contributed by atoms with Crippen molar-refractivity contribution in [3.63, 3.8) is 0 Å². The predicted molar refractivity (Wildman–Crippen MR) is 89.2 cm³/mol. The van der Waals surface area contributed by atoms with E-state index in [1.54, 1.807) is 6.26 Å². The molecule has 0 bridgehead atoms. The Kier molecular flexibility index (Phi) is 4.47. The number of hydrogen-bond donors (Lipinski definition) is 2. The van der Waals surface area contributed by atoms with Gasteiger partial charge in [0.25, 0.3) is 0 Å². The van der Waals surface area contributed by atoms with Crippen LogP contribution in [0.2, 0.25) is 0 Å². The fourth-order valence-corrected chi connectivity index (χ4v) is 2.83. The summed E-state index contributed by atoms with van der Waals surface area (Å²) in [6.07, 6.45) is 3.74. The maximum atomic E-state index is 5.33. The summed E-state index contributed by atoms with van der Waals surface area (Å²) in [4.78, 5) is 4.30. The lowest BCUT2D eigenvalue weighted by Crippen LogP contribution is -2.39. The summed E-state index contributed by atoms with van der Waals surface area (Å²) in [5.41, 5.74) is 2.82. The van der Waals surface area contributed by atoms with Crippen molar-refractivity contribution in [2.24, 2.45) is 4.99 Å². The van der Waals surface area contributed by atoms with E-state index in [0.717, 1.165) is 24.7 Å². The van der Waals surface area contributed by atoms with Gasteiger partial charge in [-0.1, -0.05) is 24.3 Å². The molecular weight excluding hydrogens is 274 g/mol. The van der Waals surface area contributed by atoms with Gasteiger partial charge < -0.3 is 15.1 Å². The number of nitrogens with one attached hydrogen (secondary N) is 2. The van der Waals surface area contributed by atoms with Crippen molar-refractivity contribution in [2.45, 2.75) is 31.7 Å². The molecule has 2 unspecified atom stereocenters. The summed E-state index contributed by atoms with van der Waals surface area (Å²) < 4.78 is 5.33. The van der Waals surface area contributed by atoms with Gasteiger partial charge in [-0.3, -0.25) is 4.99 Å². The number of hydrogen-bond acceptors (Lipinski definition) is 2. The number of rotatable bonds is 5. The predicted octanol–water partition coefficient (Wildman–Crippen LogP) is 2.85. The molecule has 116 valence electrons. The second kappa shape index (κ2) is 6.69. The van der Waals surface area contributed by atoms with E-state index in [1.807, 2.05) is 19.2 Å². The minimum absolute atomic E-state index is 0.482. The first kappa shape index (κ1) is 14.7. The zero-order chi connectivity index (χ0) is 15.4. The number of guanidine groups is 1. The summed E-state index contributed by atoms with van der Waals surface area (Å²) in [5, 5.41) is 6.85. The molecule has 1 aliphatic rings. The van der Waals surface area contributed by atoms with Crippen LogP contribution in [-0.2, 0) is 6.42 Å². The maximum absolute atomic E-state index is 5.33. The molecule has 0 spiro atoms. The van der Waals surface area contributed by atoms with Crippen LogP contribution in [0.25, 0.3) is 0 Å². The van der Waals surface area contributed by atoms with Crippen LogP contribution in [0.3, 0.4) is 0 Å². The molecule has 0 saturated heterocycles. The third-order valence-corrected chi connectivity index (χ3v) is 4.17. The van der Waals surface area contributed by atoms with Gasteiger partial charge in [0.2, 0.25) is 0 Å². The second-order valence-electron chi connectivity index (χ2n) is 5.78. The molecular formula is C18H23N3O.